The maximum absolute atomic E-state index is 12.3. The van der Waals surface area contributed by atoms with Crippen LogP contribution in [0, 0.1) is 12.8 Å². The molecule has 156 valence electrons. The average Bonchev–Trinajstić information content (AvgIpc) is 3.07. The Morgan fingerprint density at radius 1 is 1.24 bits per heavy atom. The number of furan rings is 1. The molecule has 0 spiro atoms. The van der Waals surface area contributed by atoms with Gasteiger partial charge in [0.25, 0.3) is 0 Å². The summed E-state index contributed by atoms with van der Waals surface area (Å²) >= 11 is 0. The Morgan fingerprint density at radius 3 is 2.69 bits per heavy atom. The third-order valence-electron chi connectivity index (χ3n) is 5.68. The fourth-order valence-electron chi connectivity index (χ4n) is 4.09. The zero-order valence-electron chi connectivity index (χ0n) is 17.8. The van der Waals surface area contributed by atoms with Gasteiger partial charge in [-0.1, -0.05) is 31.2 Å². The second-order valence-corrected chi connectivity index (χ2v) is 8.27. The van der Waals surface area contributed by atoms with Gasteiger partial charge in [0, 0.05) is 32.5 Å². The minimum Gasteiger partial charge on any atom is -0.466 e. The molecule has 29 heavy (non-hydrogen) atoms. The Balaban J connectivity index is 1.51. The predicted molar refractivity (Wildman–Crippen MR) is 114 cm³/mol. The molecule has 1 aromatic carbocycles. The minimum atomic E-state index is -0.0124. The van der Waals surface area contributed by atoms with Crippen molar-refractivity contribution in [1.29, 1.82) is 0 Å². The van der Waals surface area contributed by atoms with E-state index in [0.29, 0.717) is 36.5 Å². The number of nitrogens with zero attached hydrogens (tertiary/aromatic N) is 1. The van der Waals surface area contributed by atoms with Crippen molar-refractivity contribution in [1.82, 2.24) is 10.2 Å². The highest BCUT2D eigenvalue weighted by Crippen LogP contribution is 2.20. The number of nitrogens with one attached hydrogen (secondary N) is 1. The zero-order valence-corrected chi connectivity index (χ0v) is 17.8. The zero-order chi connectivity index (χ0) is 20.8. The first-order valence-electron chi connectivity index (χ1n) is 10.6. The molecular weight excluding hydrogens is 364 g/mol. The predicted octanol–water partition coefficient (Wildman–Crippen LogP) is 4.27. The largest absolute Gasteiger partial charge is 0.466 e. The van der Waals surface area contributed by atoms with Crippen LogP contribution in [0.4, 0.5) is 0 Å². The van der Waals surface area contributed by atoms with E-state index in [0.717, 1.165) is 25.6 Å². The number of Topliss-reactive ketones (excluding diaryl/α,β-unsaturated/α-hetero) is 1. The number of ketones is 1. The van der Waals surface area contributed by atoms with E-state index in [9.17, 15) is 9.59 Å². The molecule has 0 aliphatic carbocycles. The number of carbonyl (C=O) groups excluding carboxylic acids is 2. The topological polar surface area (TPSA) is 62.6 Å². The number of hydrogen-bond donors (Lipinski definition) is 1. The molecule has 0 saturated carbocycles. The summed E-state index contributed by atoms with van der Waals surface area (Å²) in [5.41, 5.74) is 3.06. The molecule has 1 aromatic heterocycles. The molecule has 0 unspecified atom stereocenters. The molecule has 1 fully saturated rings. The van der Waals surface area contributed by atoms with Crippen molar-refractivity contribution in [2.24, 2.45) is 5.92 Å². The summed E-state index contributed by atoms with van der Waals surface area (Å²) in [5.74, 6) is 2.03. The first kappa shape index (κ1) is 21.3. The van der Waals surface area contributed by atoms with Crippen molar-refractivity contribution in [2.45, 2.75) is 59.5 Å². The van der Waals surface area contributed by atoms with E-state index in [1.54, 1.807) is 13.0 Å². The second-order valence-electron chi connectivity index (χ2n) is 8.27. The van der Waals surface area contributed by atoms with E-state index in [4.69, 9.17) is 4.42 Å². The summed E-state index contributed by atoms with van der Waals surface area (Å²) in [6.45, 7) is 9.39. The van der Waals surface area contributed by atoms with Crippen LogP contribution in [0.25, 0.3) is 0 Å². The molecule has 1 saturated heterocycles. The van der Waals surface area contributed by atoms with Crippen LogP contribution in [0.2, 0.25) is 0 Å². The quantitative estimate of drug-likeness (QED) is 0.677. The Morgan fingerprint density at radius 2 is 2.00 bits per heavy atom. The molecule has 1 aliphatic heterocycles. The highest BCUT2D eigenvalue weighted by molar-refractivity contribution is 5.95. The Labute approximate surface area is 173 Å². The molecule has 2 heterocycles. The van der Waals surface area contributed by atoms with Gasteiger partial charge in [0.15, 0.2) is 5.78 Å². The summed E-state index contributed by atoms with van der Waals surface area (Å²) in [6, 6.07) is 10.1. The standard InChI is InChI=1S/C24H32N2O3/c1-17-7-6-12-26(15-17)16-21-9-5-4-8-20(21)14-25-24(28)11-10-22-13-23(18(2)27)19(3)29-22/h4-5,8-9,13,17H,6-7,10-12,14-16H2,1-3H3,(H,25,28)/t17-/m0/s1. The molecule has 1 amide bonds. The molecule has 5 heteroatoms. The average molecular weight is 397 g/mol. The number of aryl methyl sites for hydroxylation is 2. The lowest BCUT2D eigenvalue weighted by atomic mass is 9.99. The number of benzene rings is 1. The molecule has 5 nitrogen and oxygen atoms in total. The molecule has 2 aromatic rings. The molecule has 1 N–H and O–H groups in total. The van der Waals surface area contributed by atoms with Crippen LogP contribution in [-0.4, -0.2) is 29.7 Å². The summed E-state index contributed by atoms with van der Waals surface area (Å²) in [5, 5.41) is 3.03. The van der Waals surface area contributed by atoms with Gasteiger partial charge in [-0.15, -0.1) is 0 Å². The van der Waals surface area contributed by atoms with Gasteiger partial charge in [-0.3, -0.25) is 14.5 Å². The number of hydrogen-bond acceptors (Lipinski definition) is 4. The maximum Gasteiger partial charge on any atom is 0.220 e. The Kier molecular flexibility index (Phi) is 7.26. The number of likely N-dealkylation sites (tertiary alicyclic amines) is 1. The number of amides is 1. The van der Waals surface area contributed by atoms with Crippen molar-refractivity contribution in [3.63, 3.8) is 0 Å². The third kappa shape index (κ3) is 6.04. The Hall–Kier alpha value is -2.40. The highest BCUT2D eigenvalue weighted by Gasteiger charge is 2.17. The van der Waals surface area contributed by atoms with Gasteiger partial charge >= 0.3 is 0 Å². The summed E-state index contributed by atoms with van der Waals surface area (Å²) in [6.07, 6.45) is 3.42. The van der Waals surface area contributed by atoms with Crippen LogP contribution in [0.1, 0.15) is 66.1 Å². The fraction of sp³-hybridized carbons (Fsp3) is 0.500. The van der Waals surface area contributed by atoms with Gasteiger partial charge in [0.05, 0.1) is 5.56 Å². The van der Waals surface area contributed by atoms with Gasteiger partial charge in [-0.05, 0) is 56.3 Å². The SMILES string of the molecule is CC(=O)c1cc(CCC(=O)NCc2ccccc2CN2CCC[C@H](C)C2)oc1C. The molecule has 0 bridgehead atoms. The van der Waals surface area contributed by atoms with Gasteiger partial charge in [0.1, 0.15) is 11.5 Å². The van der Waals surface area contributed by atoms with Gasteiger partial charge < -0.3 is 9.73 Å². The van der Waals surface area contributed by atoms with Crippen LogP contribution in [0.3, 0.4) is 0 Å². The Bertz CT molecular complexity index is 856. The van der Waals surface area contributed by atoms with E-state index in [2.05, 4.69) is 35.3 Å². The van der Waals surface area contributed by atoms with E-state index < -0.39 is 0 Å². The first-order chi connectivity index (χ1) is 13.9. The normalized spacial score (nSPS) is 17.3. The summed E-state index contributed by atoms with van der Waals surface area (Å²) in [4.78, 5) is 26.4. The lowest BCUT2D eigenvalue weighted by molar-refractivity contribution is -0.121. The van der Waals surface area contributed by atoms with E-state index >= 15 is 0 Å². The third-order valence-corrected chi connectivity index (χ3v) is 5.68. The van der Waals surface area contributed by atoms with Crippen LogP contribution < -0.4 is 5.32 Å². The van der Waals surface area contributed by atoms with Crippen molar-refractivity contribution in [3.05, 3.63) is 58.5 Å². The van der Waals surface area contributed by atoms with Crippen molar-refractivity contribution >= 4 is 11.7 Å². The minimum absolute atomic E-state index is 0.00942. The summed E-state index contributed by atoms with van der Waals surface area (Å²) < 4.78 is 5.60. The first-order valence-corrected chi connectivity index (χ1v) is 10.6. The molecule has 1 aliphatic rings. The van der Waals surface area contributed by atoms with Gasteiger partial charge in [-0.2, -0.15) is 0 Å². The van der Waals surface area contributed by atoms with E-state index in [1.165, 1.54) is 30.9 Å². The van der Waals surface area contributed by atoms with E-state index in [-0.39, 0.29) is 11.7 Å². The lowest BCUT2D eigenvalue weighted by Crippen LogP contribution is -2.34. The van der Waals surface area contributed by atoms with Gasteiger partial charge in [0.2, 0.25) is 5.91 Å². The van der Waals surface area contributed by atoms with E-state index in [1.807, 2.05) is 6.07 Å². The van der Waals surface area contributed by atoms with Crippen LogP contribution in [0.15, 0.2) is 34.7 Å². The highest BCUT2D eigenvalue weighted by atomic mass is 16.3. The maximum atomic E-state index is 12.3. The molecular formula is C24H32N2O3. The van der Waals surface area contributed by atoms with Crippen molar-refractivity contribution in [2.75, 3.05) is 13.1 Å². The molecule has 3 rings (SSSR count). The molecule has 0 radical (unpaired) electrons. The van der Waals surface area contributed by atoms with Crippen LogP contribution >= 0.6 is 0 Å². The van der Waals surface area contributed by atoms with Crippen molar-refractivity contribution < 1.29 is 14.0 Å². The fourth-order valence-corrected chi connectivity index (χ4v) is 4.09. The van der Waals surface area contributed by atoms with Crippen LogP contribution in [0.5, 0.6) is 0 Å². The molecule has 1 atom stereocenters. The monoisotopic (exact) mass is 396 g/mol. The number of rotatable bonds is 8. The number of carbonyl (C=O) groups is 2. The summed E-state index contributed by atoms with van der Waals surface area (Å²) in [7, 11) is 0. The van der Waals surface area contributed by atoms with Crippen molar-refractivity contribution in [3.8, 4) is 0 Å². The smallest absolute Gasteiger partial charge is 0.220 e. The number of piperidine rings is 1. The second kappa shape index (κ2) is 9.88. The van der Waals surface area contributed by atoms with Gasteiger partial charge in [-0.25, -0.2) is 0 Å². The lowest BCUT2D eigenvalue weighted by Gasteiger charge is -2.31. The van der Waals surface area contributed by atoms with Crippen LogP contribution in [-0.2, 0) is 24.3 Å².